The van der Waals surface area contributed by atoms with E-state index in [1.807, 2.05) is 12.3 Å². The van der Waals surface area contributed by atoms with Crippen LogP contribution >= 0.6 is 11.8 Å². The molecule has 88 valence electrons. The smallest absolute Gasteiger partial charge is 0.242 e. The van der Waals surface area contributed by atoms with Crippen molar-refractivity contribution in [3.63, 3.8) is 0 Å². The van der Waals surface area contributed by atoms with Gasteiger partial charge in [-0.15, -0.1) is 11.8 Å². The molecule has 16 heavy (non-hydrogen) atoms. The van der Waals surface area contributed by atoms with E-state index in [0.29, 0.717) is 10.7 Å². The molecule has 0 heterocycles. The standard InChI is InChI=1S/C12H17FOSSi/c1-9(14-16(3,4)5)10-6-7-12(15-2)11(13)8-10/h6-8H,1H2,2-5H3. The Morgan fingerprint density at radius 3 is 2.44 bits per heavy atom. The molecule has 1 nitrogen and oxygen atoms in total. The topological polar surface area (TPSA) is 9.23 Å². The summed E-state index contributed by atoms with van der Waals surface area (Å²) in [5.41, 5.74) is 0.720. The zero-order valence-corrected chi connectivity index (χ0v) is 12.0. The number of benzene rings is 1. The van der Waals surface area contributed by atoms with E-state index in [9.17, 15) is 4.39 Å². The second kappa shape index (κ2) is 5.06. The third-order valence-corrected chi connectivity index (χ3v) is 3.53. The van der Waals surface area contributed by atoms with Crippen LogP contribution in [0, 0.1) is 5.82 Å². The second-order valence-corrected chi connectivity index (χ2v) is 9.76. The number of halogens is 1. The highest BCUT2D eigenvalue weighted by Crippen LogP contribution is 2.25. The second-order valence-electron chi connectivity index (χ2n) is 4.49. The molecule has 4 heteroatoms. The first-order chi connectivity index (χ1) is 7.33. The van der Waals surface area contributed by atoms with E-state index in [-0.39, 0.29) is 5.82 Å². The summed E-state index contributed by atoms with van der Waals surface area (Å²) in [6, 6.07) is 5.08. The molecule has 1 rings (SSSR count). The van der Waals surface area contributed by atoms with E-state index >= 15 is 0 Å². The Morgan fingerprint density at radius 1 is 1.38 bits per heavy atom. The summed E-state index contributed by atoms with van der Waals surface area (Å²) in [4.78, 5) is 0.643. The minimum absolute atomic E-state index is 0.217. The molecule has 0 N–H and O–H groups in total. The van der Waals surface area contributed by atoms with Crippen molar-refractivity contribution >= 4 is 25.8 Å². The van der Waals surface area contributed by atoms with Crippen LogP contribution in [-0.4, -0.2) is 14.6 Å². The van der Waals surface area contributed by atoms with Gasteiger partial charge in [-0.3, -0.25) is 0 Å². The Kier molecular flexibility index (Phi) is 4.21. The normalized spacial score (nSPS) is 11.3. The van der Waals surface area contributed by atoms with Crippen molar-refractivity contribution in [3.05, 3.63) is 36.2 Å². The highest BCUT2D eigenvalue weighted by molar-refractivity contribution is 7.98. The van der Waals surface area contributed by atoms with Gasteiger partial charge in [0.05, 0.1) is 0 Å². The summed E-state index contributed by atoms with van der Waals surface area (Å²) < 4.78 is 19.3. The maximum Gasteiger partial charge on any atom is 0.242 e. The summed E-state index contributed by atoms with van der Waals surface area (Å²) in [5.74, 6) is 0.344. The number of thioether (sulfide) groups is 1. The lowest BCUT2D eigenvalue weighted by Crippen LogP contribution is -2.24. The maximum absolute atomic E-state index is 13.5. The first-order valence-electron chi connectivity index (χ1n) is 5.05. The van der Waals surface area contributed by atoms with Gasteiger partial charge in [0.15, 0.2) is 0 Å². The monoisotopic (exact) mass is 256 g/mol. The average molecular weight is 256 g/mol. The van der Waals surface area contributed by atoms with Crippen molar-refractivity contribution in [2.24, 2.45) is 0 Å². The van der Waals surface area contributed by atoms with E-state index in [1.165, 1.54) is 17.8 Å². The first kappa shape index (κ1) is 13.3. The van der Waals surface area contributed by atoms with Crippen molar-refractivity contribution < 1.29 is 8.82 Å². The molecule has 0 unspecified atom stereocenters. The summed E-state index contributed by atoms with van der Waals surface area (Å²) in [6.07, 6.45) is 1.85. The third kappa shape index (κ3) is 3.68. The van der Waals surface area contributed by atoms with Gasteiger partial charge in [-0.25, -0.2) is 4.39 Å². The summed E-state index contributed by atoms with van der Waals surface area (Å²) >= 11 is 1.39. The van der Waals surface area contributed by atoms with Crippen molar-refractivity contribution in [1.29, 1.82) is 0 Å². The van der Waals surface area contributed by atoms with Gasteiger partial charge in [-0.05, 0) is 38.0 Å². The van der Waals surface area contributed by atoms with Crippen molar-refractivity contribution in [1.82, 2.24) is 0 Å². The fraction of sp³-hybridized carbons (Fsp3) is 0.333. The lowest BCUT2D eigenvalue weighted by Gasteiger charge is -2.21. The predicted octanol–water partition coefficient (Wildman–Crippen LogP) is 4.37. The Bertz CT molecular complexity index is 398. The molecule has 1 aromatic rings. The van der Waals surface area contributed by atoms with Gasteiger partial charge in [-0.2, -0.15) is 0 Å². The van der Waals surface area contributed by atoms with Crippen molar-refractivity contribution in [2.75, 3.05) is 6.26 Å². The number of rotatable bonds is 4. The molecular weight excluding hydrogens is 239 g/mol. The minimum atomic E-state index is -1.67. The zero-order chi connectivity index (χ0) is 12.3. The van der Waals surface area contributed by atoms with Gasteiger partial charge < -0.3 is 4.43 Å². The van der Waals surface area contributed by atoms with Gasteiger partial charge in [0.25, 0.3) is 0 Å². The molecule has 0 saturated heterocycles. The van der Waals surface area contributed by atoms with Crippen LogP contribution in [0.1, 0.15) is 5.56 Å². The minimum Gasteiger partial charge on any atom is -0.544 e. The lowest BCUT2D eigenvalue weighted by molar-refractivity contribution is 0.514. The van der Waals surface area contributed by atoms with E-state index in [2.05, 4.69) is 26.2 Å². The quantitative estimate of drug-likeness (QED) is 0.449. The Morgan fingerprint density at radius 2 is 2.00 bits per heavy atom. The van der Waals surface area contributed by atoms with Crippen LogP contribution in [-0.2, 0) is 4.43 Å². The largest absolute Gasteiger partial charge is 0.544 e. The summed E-state index contributed by atoms with van der Waals surface area (Å²) in [7, 11) is -1.67. The van der Waals surface area contributed by atoms with Crippen LogP contribution in [0.3, 0.4) is 0 Å². The van der Waals surface area contributed by atoms with E-state index in [1.54, 1.807) is 6.07 Å². The SMILES string of the molecule is C=C(O[Si](C)(C)C)c1ccc(SC)c(F)c1. The molecule has 0 atom stereocenters. The van der Waals surface area contributed by atoms with Crippen LogP contribution in [0.4, 0.5) is 4.39 Å². The Hall–Kier alpha value is -0.743. The molecule has 0 fully saturated rings. The van der Waals surface area contributed by atoms with Crippen LogP contribution in [0.15, 0.2) is 29.7 Å². The fourth-order valence-electron chi connectivity index (χ4n) is 1.27. The lowest BCUT2D eigenvalue weighted by atomic mass is 10.2. The van der Waals surface area contributed by atoms with Crippen LogP contribution in [0.5, 0.6) is 0 Å². The van der Waals surface area contributed by atoms with E-state index in [0.717, 1.165) is 5.56 Å². The molecule has 0 aliphatic heterocycles. The predicted molar refractivity (Wildman–Crippen MR) is 71.6 cm³/mol. The van der Waals surface area contributed by atoms with E-state index < -0.39 is 8.32 Å². The highest BCUT2D eigenvalue weighted by Gasteiger charge is 2.18. The van der Waals surface area contributed by atoms with Gasteiger partial charge in [-0.1, -0.05) is 12.6 Å². The van der Waals surface area contributed by atoms with Gasteiger partial charge in [0, 0.05) is 10.5 Å². The molecule has 0 aliphatic carbocycles. The molecule has 1 aromatic carbocycles. The highest BCUT2D eigenvalue weighted by atomic mass is 32.2. The molecule has 0 aromatic heterocycles. The molecule has 0 spiro atoms. The summed E-state index contributed by atoms with van der Waals surface area (Å²) in [6.45, 7) is 10.1. The zero-order valence-electron chi connectivity index (χ0n) is 10.1. The molecule has 0 amide bonds. The summed E-state index contributed by atoms with van der Waals surface area (Å²) in [5, 5.41) is 0. The maximum atomic E-state index is 13.5. The Balaban J connectivity index is 2.89. The third-order valence-electron chi connectivity index (χ3n) is 1.90. The van der Waals surface area contributed by atoms with Crippen molar-refractivity contribution in [3.8, 4) is 0 Å². The molecule has 0 saturated carbocycles. The molecule has 0 bridgehead atoms. The number of hydrogen-bond acceptors (Lipinski definition) is 2. The first-order valence-corrected chi connectivity index (χ1v) is 9.68. The molecule has 0 aliphatic rings. The van der Waals surface area contributed by atoms with E-state index in [4.69, 9.17) is 4.43 Å². The van der Waals surface area contributed by atoms with Crippen LogP contribution in [0.2, 0.25) is 19.6 Å². The fourth-order valence-corrected chi connectivity index (χ4v) is 2.58. The van der Waals surface area contributed by atoms with Crippen LogP contribution < -0.4 is 0 Å². The van der Waals surface area contributed by atoms with Crippen molar-refractivity contribution in [2.45, 2.75) is 24.5 Å². The molecule has 0 radical (unpaired) electrons. The average Bonchev–Trinajstić information content (AvgIpc) is 2.15. The van der Waals surface area contributed by atoms with Gasteiger partial charge in [0.2, 0.25) is 8.32 Å². The van der Waals surface area contributed by atoms with Gasteiger partial charge in [0.1, 0.15) is 11.6 Å². The Labute approximate surface area is 102 Å². The number of hydrogen-bond donors (Lipinski definition) is 0. The van der Waals surface area contributed by atoms with Gasteiger partial charge >= 0.3 is 0 Å². The molecular formula is C12H17FOSSi. The van der Waals surface area contributed by atoms with Crippen LogP contribution in [0.25, 0.3) is 5.76 Å².